The maximum absolute atomic E-state index is 6.06. The Labute approximate surface area is 212 Å². The predicted octanol–water partition coefficient (Wildman–Crippen LogP) is 7.09. The second-order valence-corrected chi connectivity index (χ2v) is 30.1. The van der Waals surface area contributed by atoms with Gasteiger partial charge in [-0.05, 0) is 59.7 Å². The summed E-state index contributed by atoms with van der Waals surface area (Å²) in [5.74, 6) is 0. The van der Waals surface area contributed by atoms with Crippen molar-refractivity contribution in [2.75, 3.05) is 39.5 Å². The fourth-order valence-electron chi connectivity index (χ4n) is 4.87. The predicted molar refractivity (Wildman–Crippen MR) is 157 cm³/mol. The first-order valence-electron chi connectivity index (χ1n) is 13.6. The molecule has 0 aliphatic heterocycles. The van der Waals surface area contributed by atoms with Crippen molar-refractivity contribution in [2.45, 2.75) is 118 Å². The molecule has 0 unspecified atom stereocenters. The average molecular weight is 537 g/mol. The minimum atomic E-state index is -2.52. The zero-order valence-electron chi connectivity index (χ0n) is 24.6. The lowest BCUT2D eigenvalue weighted by molar-refractivity contribution is 0.0704. The second kappa shape index (κ2) is 15.7. The van der Waals surface area contributed by atoms with Crippen molar-refractivity contribution in [3.05, 3.63) is 0 Å². The first-order chi connectivity index (χ1) is 15.1. The van der Waals surface area contributed by atoms with Crippen molar-refractivity contribution in [1.29, 1.82) is 0 Å². The molecule has 0 fully saturated rings. The fourth-order valence-corrected chi connectivity index (χ4v) is 18.8. The van der Waals surface area contributed by atoms with Gasteiger partial charge >= 0.3 is 8.80 Å². The van der Waals surface area contributed by atoms with Crippen molar-refractivity contribution < 1.29 is 13.3 Å². The molecule has 5 nitrogen and oxygen atoms in total. The maximum Gasteiger partial charge on any atom is 0.500 e. The van der Waals surface area contributed by atoms with Crippen LogP contribution in [-0.4, -0.2) is 81.8 Å². The molecule has 9 heteroatoms. The molecule has 0 spiro atoms. The Hall–Kier alpha value is 0.668. The number of nitrogens with zero attached hydrogens (tertiary/aromatic N) is 2. The zero-order chi connectivity index (χ0) is 25.8. The Morgan fingerprint density at radius 3 is 1.24 bits per heavy atom. The topological polar surface area (TPSA) is 34.2 Å². The van der Waals surface area contributed by atoms with Crippen LogP contribution in [0.3, 0.4) is 0 Å². The zero-order valence-corrected chi connectivity index (χ0v) is 28.6. The summed E-state index contributed by atoms with van der Waals surface area (Å²) in [6.45, 7) is 34.3. The van der Waals surface area contributed by atoms with E-state index in [4.69, 9.17) is 13.3 Å². The van der Waals surface area contributed by atoms with E-state index in [1.807, 2.05) is 20.8 Å². The maximum atomic E-state index is 6.06. The van der Waals surface area contributed by atoms with Gasteiger partial charge in [-0.1, -0.05) is 71.8 Å². The summed E-state index contributed by atoms with van der Waals surface area (Å²) in [5.41, 5.74) is 0. The highest BCUT2D eigenvalue weighted by Crippen LogP contribution is 2.22. The van der Waals surface area contributed by atoms with Crippen LogP contribution in [0.1, 0.15) is 52.9 Å². The summed E-state index contributed by atoms with van der Waals surface area (Å²) < 4.78 is 23.9. The SMILES string of the molecule is CCO[Si](CCCN(CCCCCCN([Si](C)(C)C)[Si](C)(C)C)[Si](C)(C)C)(OCC)OCC. The van der Waals surface area contributed by atoms with Crippen molar-refractivity contribution in [1.82, 2.24) is 8.80 Å². The van der Waals surface area contributed by atoms with Crippen LogP contribution in [0.2, 0.25) is 65.0 Å². The van der Waals surface area contributed by atoms with Crippen molar-refractivity contribution in [3.63, 3.8) is 0 Å². The highest BCUT2D eigenvalue weighted by molar-refractivity contribution is 6.89. The van der Waals surface area contributed by atoms with Gasteiger partial charge in [0.15, 0.2) is 0 Å². The van der Waals surface area contributed by atoms with Gasteiger partial charge in [0.25, 0.3) is 0 Å². The van der Waals surface area contributed by atoms with E-state index in [9.17, 15) is 0 Å². The third-order valence-electron chi connectivity index (χ3n) is 6.13. The van der Waals surface area contributed by atoms with E-state index < -0.39 is 33.5 Å². The van der Waals surface area contributed by atoms with Crippen LogP contribution in [0.5, 0.6) is 0 Å². The molecule has 0 saturated carbocycles. The van der Waals surface area contributed by atoms with Crippen LogP contribution in [-0.2, 0) is 13.3 Å². The Balaban J connectivity index is 4.63. The molecule has 33 heavy (non-hydrogen) atoms. The van der Waals surface area contributed by atoms with Crippen molar-refractivity contribution in [3.8, 4) is 0 Å². The fraction of sp³-hybridized carbons (Fsp3) is 1.00. The second-order valence-electron chi connectivity index (χ2n) is 12.2. The molecular formula is C24H60N2O3Si4. The first kappa shape index (κ1) is 33.7. The van der Waals surface area contributed by atoms with Crippen molar-refractivity contribution >= 4 is 33.5 Å². The van der Waals surface area contributed by atoms with E-state index in [2.05, 4.69) is 67.7 Å². The van der Waals surface area contributed by atoms with Crippen LogP contribution < -0.4 is 0 Å². The van der Waals surface area contributed by atoms with E-state index in [1.54, 1.807) is 0 Å². The summed E-state index contributed by atoms with van der Waals surface area (Å²) >= 11 is 0. The van der Waals surface area contributed by atoms with Gasteiger partial charge in [0.05, 0.1) is 0 Å². The molecule has 0 amide bonds. The summed E-state index contributed by atoms with van der Waals surface area (Å²) in [4.78, 5) is 0. The summed E-state index contributed by atoms with van der Waals surface area (Å²) in [5, 5.41) is 0. The van der Waals surface area contributed by atoms with Gasteiger partial charge in [-0.2, -0.15) is 0 Å². The third-order valence-corrected chi connectivity index (χ3v) is 19.3. The first-order valence-corrected chi connectivity index (χ1v) is 25.8. The van der Waals surface area contributed by atoms with E-state index in [0.717, 1.165) is 19.0 Å². The molecule has 0 heterocycles. The molecule has 0 aromatic heterocycles. The molecule has 0 saturated heterocycles. The molecule has 0 aliphatic rings. The summed E-state index contributed by atoms with van der Waals surface area (Å²) in [7, 11) is -6.30. The Bertz CT molecular complexity index is 474. The lowest BCUT2D eigenvalue weighted by Gasteiger charge is -2.43. The molecule has 0 aromatic carbocycles. The molecule has 0 rings (SSSR count). The van der Waals surface area contributed by atoms with Gasteiger partial charge in [0.2, 0.25) is 0 Å². The van der Waals surface area contributed by atoms with E-state index >= 15 is 0 Å². The monoisotopic (exact) mass is 536 g/mol. The molecule has 200 valence electrons. The number of rotatable bonds is 20. The largest absolute Gasteiger partial charge is 0.500 e. The molecule has 0 atom stereocenters. The summed E-state index contributed by atoms with van der Waals surface area (Å²) in [6.07, 6.45) is 6.47. The van der Waals surface area contributed by atoms with Crippen LogP contribution in [0.25, 0.3) is 0 Å². The van der Waals surface area contributed by atoms with Gasteiger partial charge in [0, 0.05) is 25.9 Å². The minimum absolute atomic E-state index is 0.663. The molecule has 0 aliphatic carbocycles. The Morgan fingerprint density at radius 1 is 0.485 bits per heavy atom. The van der Waals surface area contributed by atoms with Crippen molar-refractivity contribution in [2.24, 2.45) is 0 Å². The lowest BCUT2D eigenvalue weighted by atomic mass is 10.2. The number of hydrogen-bond acceptors (Lipinski definition) is 5. The van der Waals surface area contributed by atoms with Gasteiger partial charge in [0.1, 0.15) is 24.7 Å². The van der Waals surface area contributed by atoms with Crippen LogP contribution in [0.4, 0.5) is 0 Å². The van der Waals surface area contributed by atoms with Crippen LogP contribution in [0.15, 0.2) is 0 Å². The standard InChI is InChI=1S/C24H60N2O3Si4/c1-13-27-33(28-14-2,29-15-3)24-20-22-25(30(4,5)6)21-18-16-17-19-23-26(31(7,8)9)32(10,11)12/h13-24H2,1-12H3. The molecule has 0 N–H and O–H groups in total. The Morgan fingerprint density at radius 2 is 0.879 bits per heavy atom. The van der Waals surface area contributed by atoms with Gasteiger partial charge < -0.3 is 22.1 Å². The van der Waals surface area contributed by atoms with Gasteiger partial charge in [-0.15, -0.1) is 0 Å². The van der Waals surface area contributed by atoms with Gasteiger partial charge in [-0.25, -0.2) is 0 Å². The Kier molecular flexibility index (Phi) is 16.0. The number of hydrogen-bond donors (Lipinski definition) is 0. The molecular weight excluding hydrogens is 477 g/mol. The molecule has 0 bridgehead atoms. The highest BCUT2D eigenvalue weighted by Gasteiger charge is 2.40. The lowest BCUT2D eigenvalue weighted by Crippen LogP contribution is -2.59. The van der Waals surface area contributed by atoms with E-state index in [0.29, 0.717) is 19.8 Å². The normalized spacial score (nSPS) is 14.0. The smallest absolute Gasteiger partial charge is 0.374 e. The van der Waals surface area contributed by atoms with Crippen LogP contribution in [0, 0.1) is 0 Å². The van der Waals surface area contributed by atoms with Gasteiger partial charge in [-0.3, -0.25) is 0 Å². The minimum Gasteiger partial charge on any atom is -0.374 e. The highest BCUT2D eigenvalue weighted by atomic mass is 28.4. The van der Waals surface area contributed by atoms with Crippen LogP contribution >= 0.6 is 0 Å². The third kappa shape index (κ3) is 14.1. The summed E-state index contributed by atoms with van der Waals surface area (Å²) in [6, 6.07) is 0.923. The number of unbranched alkanes of at least 4 members (excludes halogenated alkanes) is 3. The van der Waals surface area contributed by atoms with E-state index in [1.165, 1.54) is 38.8 Å². The molecule has 0 radical (unpaired) electrons. The quantitative estimate of drug-likeness (QED) is 0.122. The molecule has 0 aromatic rings. The van der Waals surface area contributed by atoms with E-state index in [-0.39, 0.29) is 0 Å². The average Bonchev–Trinajstić information content (AvgIpc) is 2.63.